The van der Waals surface area contributed by atoms with E-state index in [-0.39, 0.29) is 6.04 Å². The summed E-state index contributed by atoms with van der Waals surface area (Å²) in [5.74, 6) is 5.64. The molecular formula is C15H20N4. The van der Waals surface area contributed by atoms with Gasteiger partial charge in [0.05, 0.1) is 0 Å². The van der Waals surface area contributed by atoms with Crippen molar-refractivity contribution in [2.75, 3.05) is 5.73 Å². The van der Waals surface area contributed by atoms with E-state index in [1.165, 1.54) is 11.1 Å². The van der Waals surface area contributed by atoms with Crippen LogP contribution < -0.4 is 17.0 Å². The van der Waals surface area contributed by atoms with Crippen LogP contribution in [0.15, 0.2) is 42.7 Å². The molecule has 0 aliphatic heterocycles. The third-order valence-electron chi connectivity index (χ3n) is 3.25. The fourth-order valence-corrected chi connectivity index (χ4v) is 2.07. The number of aryl methyl sites for hydroxylation is 1. The molecule has 4 heteroatoms. The van der Waals surface area contributed by atoms with Crippen LogP contribution in [0.5, 0.6) is 0 Å². The zero-order valence-electron chi connectivity index (χ0n) is 11.1. The Balaban J connectivity index is 2.05. The number of nitrogens with two attached hydrogens (primary N) is 2. The second-order valence-electron chi connectivity index (χ2n) is 4.83. The second kappa shape index (κ2) is 6.31. The summed E-state index contributed by atoms with van der Waals surface area (Å²) in [7, 11) is 0. The van der Waals surface area contributed by atoms with Crippen molar-refractivity contribution in [3.05, 3.63) is 59.4 Å². The molecule has 0 aliphatic rings. The molecule has 0 radical (unpaired) electrons. The van der Waals surface area contributed by atoms with E-state index >= 15 is 0 Å². The number of anilines is 1. The van der Waals surface area contributed by atoms with Crippen LogP contribution >= 0.6 is 0 Å². The Hall–Kier alpha value is -1.91. The van der Waals surface area contributed by atoms with E-state index in [2.05, 4.69) is 41.6 Å². The lowest BCUT2D eigenvalue weighted by Crippen LogP contribution is -2.38. The first-order valence-electron chi connectivity index (χ1n) is 6.39. The molecule has 2 rings (SSSR count). The van der Waals surface area contributed by atoms with Gasteiger partial charge in [0.1, 0.15) is 0 Å². The molecule has 19 heavy (non-hydrogen) atoms. The molecule has 5 N–H and O–H groups in total. The second-order valence-corrected chi connectivity index (χ2v) is 4.83. The van der Waals surface area contributed by atoms with E-state index in [0.717, 1.165) is 24.1 Å². The van der Waals surface area contributed by atoms with Gasteiger partial charge in [-0.3, -0.25) is 16.3 Å². The molecule has 1 aromatic carbocycles. The van der Waals surface area contributed by atoms with Gasteiger partial charge in [-0.1, -0.05) is 29.8 Å². The Labute approximate surface area is 113 Å². The zero-order valence-corrected chi connectivity index (χ0v) is 11.1. The molecule has 0 spiro atoms. The summed E-state index contributed by atoms with van der Waals surface area (Å²) in [6, 6.07) is 10.4. The molecule has 4 nitrogen and oxygen atoms in total. The molecule has 1 heterocycles. The van der Waals surface area contributed by atoms with Crippen molar-refractivity contribution in [2.45, 2.75) is 25.8 Å². The van der Waals surface area contributed by atoms with Gasteiger partial charge in [0, 0.05) is 24.1 Å². The van der Waals surface area contributed by atoms with Gasteiger partial charge in [0.2, 0.25) is 0 Å². The maximum absolute atomic E-state index is 5.93. The lowest BCUT2D eigenvalue weighted by atomic mass is 9.99. The number of nitrogens with one attached hydrogen (secondary N) is 1. The number of nitrogen functional groups attached to an aromatic ring is 1. The maximum atomic E-state index is 5.93. The van der Waals surface area contributed by atoms with Crippen molar-refractivity contribution >= 4 is 5.69 Å². The minimum atomic E-state index is 0.147. The Morgan fingerprint density at radius 3 is 2.53 bits per heavy atom. The molecule has 0 aliphatic carbocycles. The normalized spacial score (nSPS) is 12.3. The summed E-state index contributed by atoms with van der Waals surface area (Å²) in [6.45, 7) is 2.08. The minimum absolute atomic E-state index is 0.147. The Bertz CT molecular complexity index is 522. The van der Waals surface area contributed by atoms with Gasteiger partial charge in [0.15, 0.2) is 0 Å². The molecule has 0 saturated carbocycles. The third-order valence-corrected chi connectivity index (χ3v) is 3.25. The number of rotatable bonds is 5. The first kappa shape index (κ1) is 13.5. The molecule has 0 saturated heterocycles. The van der Waals surface area contributed by atoms with Gasteiger partial charge in [-0.05, 0) is 37.0 Å². The van der Waals surface area contributed by atoms with Gasteiger partial charge >= 0.3 is 0 Å². The summed E-state index contributed by atoms with van der Waals surface area (Å²) >= 11 is 0. The van der Waals surface area contributed by atoms with Crippen LogP contribution in [0.25, 0.3) is 0 Å². The maximum Gasteiger partial charge on any atom is 0.0378 e. The lowest BCUT2D eigenvalue weighted by Gasteiger charge is -2.17. The van der Waals surface area contributed by atoms with Crippen LogP contribution in [-0.4, -0.2) is 11.0 Å². The van der Waals surface area contributed by atoms with Gasteiger partial charge in [-0.25, -0.2) is 0 Å². The highest BCUT2D eigenvalue weighted by Gasteiger charge is 2.10. The van der Waals surface area contributed by atoms with Crippen molar-refractivity contribution in [2.24, 2.45) is 5.84 Å². The summed E-state index contributed by atoms with van der Waals surface area (Å²) in [5, 5.41) is 0. The van der Waals surface area contributed by atoms with Crippen LogP contribution in [0.4, 0.5) is 5.69 Å². The largest absolute Gasteiger partial charge is 0.398 e. The summed E-state index contributed by atoms with van der Waals surface area (Å²) in [5.41, 5.74) is 13.1. The molecular weight excluding hydrogens is 236 g/mol. The molecule has 1 aromatic heterocycles. The van der Waals surface area contributed by atoms with Crippen molar-refractivity contribution in [1.29, 1.82) is 0 Å². The molecule has 0 amide bonds. The van der Waals surface area contributed by atoms with Gasteiger partial charge in [-0.15, -0.1) is 0 Å². The van der Waals surface area contributed by atoms with E-state index in [0.29, 0.717) is 0 Å². The van der Waals surface area contributed by atoms with Crippen molar-refractivity contribution < 1.29 is 0 Å². The van der Waals surface area contributed by atoms with Crippen molar-refractivity contribution in [1.82, 2.24) is 10.4 Å². The van der Waals surface area contributed by atoms with Crippen LogP contribution in [0.1, 0.15) is 16.7 Å². The van der Waals surface area contributed by atoms with Crippen LogP contribution in [0.2, 0.25) is 0 Å². The van der Waals surface area contributed by atoms with E-state index < -0.39 is 0 Å². The molecule has 2 aromatic rings. The molecule has 0 bridgehead atoms. The Morgan fingerprint density at radius 2 is 1.89 bits per heavy atom. The minimum Gasteiger partial charge on any atom is -0.398 e. The van der Waals surface area contributed by atoms with E-state index in [1.54, 1.807) is 12.4 Å². The number of aromatic nitrogens is 1. The topological polar surface area (TPSA) is 77.0 Å². The first-order valence-corrected chi connectivity index (χ1v) is 6.39. The number of nitrogens with zero attached hydrogens (tertiary/aromatic N) is 1. The Kier molecular flexibility index (Phi) is 4.49. The monoisotopic (exact) mass is 256 g/mol. The summed E-state index contributed by atoms with van der Waals surface area (Å²) < 4.78 is 0. The number of hydrazine groups is 1. The lowest BCUT2D eigenvalue weighted by molar-refractivity contribution is 0.522. The van der Waals surface area contributed by atoms with E-state index in [4.69, 9.17) is 11.6 Å². The smallest absolute Gasteiger partial charge is 0.0378 e. The van der Waals surface area contributed by atoms with Crippen LogP contribution in [0, 0.1) is 6.92 Å². The fourth-order valence-electron chi connectivity index (χ4n) is 2.07. The van der Waals surface area contributed by atoms with Crippen LogP contribution in [-0.2, 0) is 12.8 Å². The molecule has 100 valence electrons. The number of pyridine rings is 1. The average molecular weight is 256 g/mol. The third kappa shape index (κ3) is 3.77. The van der Waals surface area contributed by atoms with Gasteiger partial charge < -0.3 is 5.73 Å². The molecule has 0 fully saturated rings. The first-order chi connectivity index (χ1) is 9.19. The average Bonchev–Trinajstić information content (AvgIpc) is 2.43. The van der Waals surface area contributed by atoms with E-state index in [1.807, 2.05) is 6.07 Å². The van der Waals surface area contributed by atoms with E-state index in [9.17, 15) is 0 Å². The van der Waals surface area contributed by atoms with Gasteiger partial charge in [-0.2, -0.15) is 0 Å². The highest BCUT2D eigenvalue weighted by Crippen LogP contribution is 2.14. The predicted molar refractivity (Wildman–Crippen MR) is 78.3 cm³/mol. The number of hydrogen-bond acceptors (Lipinski definition) is 4. The predicted octanol–water partition coefficient (Wildman–Crippen LogP) is 1.59. The number of hydrogen-bond donors (Lipinski definition) is 3. The van der Waals surface area contributed by atoms with Crippen LogP contribution in [0.3, 0.4) is 0 Å². The highest BCUT2D eigenvalue weighted by atomic mass is 15.2. The summed E-state index contributed by atoms with van der Waals surface area (Å²) in [6.07, 6.45) is 5.13. The van der Waals surface area contributed by atoms with Crippen molar-refractivity contribution in [3.8, 4) is 0 Å². The fraction of sp³-hybridized carbons (Fsp3) is 0.267. The molecule has 1 unspecified atom stereocenters. The van der Waals surface area contributed by atoms with Gasteiger partial charge in [0.25, 0.3) is 0 Å². The summed E-state index contributed by atoms with van der Waals surface area (Å²) in [4.78, 5) is 4.10. The van der Waals surface area contributed by atoms with Crippen molar-refractivity contribution in [3.63, 3.8) is 0 Å². The quantitative estimate of drug-likeness (QED) is 0.561. The SMILES string of the molecule is Cc1ccc(CC(Cc2cnccc2N)NN)cc1. The Morgan fingerprint density at radius 1 is 1.16 bits per heavy atom. The number of benzene rings is 1. The highest BCUT2D eigenvalue weighted by molar-refractivity contribution is 5.44. The zero-order chi connectivity index (χ0) is 13.7. The standard InChI is InChI=1S/C15H20N4/c1-11-2-4-12(5-3-11)8-14(19-17)9-13-10-18-7-6-15(13)16/h2-7,10,14,19H,8-9,17H2,1H3,(H2,16,18). The molecule has 1 atom stereocenters.